The molecule has 4 N–H and O–H groups in total. The largest absolute Gasteiger partial charge is 0.354 e. The number of hydrogen-bond donors (Lipinski definition) is 4. The van der Waals surface area contributed by atoms with Crippen molar-refractivity contribution in [3.8, 4) is 91.9 Å². The molecule has 4 aliphatic rings. The lowest BCUT2D eigenvalue weighted by molar-refractivity contribution is 1.30. The lowest BCUT2D eigenvalue weighted by Gasteiger charge is -2.04. The molecule has 10 nitrogen and oxygen atoms in total. The maximum absolute atomic E-state index is 5.44. The summed E-state index contributed by atoms with van der Waals surface area (Å²) in [6.07, 6.45) is 23.4. The Hall–Kier alpha value is -13.4. The summed E-state index contributed by atoms with van der Waals surface area (Å²) in [4.78, 5) is 45.2. The molecule has 0 saturated carbocycles. The maximum atomic E-state index is 5.44. The second-order valence-electron chi connectivity index (χ2n) is 21.9. The highest BCUT2D eigenvalue weighted by Gasteiger charge is 2.20. The van der Waals surface area contributed by atoms with Gasteiger partial charge in [0.2, 0.25) is 0 Å². The van der Waals surface area contributed by atoms with Crippen LogP contribution in [0.1, 0.15) is 78.9 Å². The Kier molecular flexibility index (Phi) is 13.9. The molecule has 16 bridgehead atoms. The van der Waals surface area contributed by atoms with Crippen LogP contribution in [-0.4, -0.2) is 49.8 Å². The molecular weight excluding hydrogens is 1120 g/mol. The summed E-state index contributed by atoms with van der Waals surface area (Å²) in [5.74, 6) is 27.5. The van der Waals surface area contributed by atoms with Gasteiger partial charge < -0.3 is 19.9 Å². The maximum Gasteiger partial charge on any atom is 0.0815 e. The van der Waals surface area contributed by atoms with Crippen LogP contribution in [0.4, 0.5) is 0 Å². The van der Waals surface area contributed by atoms with E-state index in [1.54, 1.807) is 24.8 Å². The van der Waals surface area contributed by atoms with Gasteiger partial charge in [-0.1, -0.05) is 145 Å². The van der Waals surface area contributed by atoms with Crippen LogP contribution in [0.3, 0.4) is 0 Å². The molecule has 92 heavy (non-hydrogen) atoms. The zero-order valence-corrected chi connectivity index (χ0v) is 49.1. The number of nitrogens with one attached hydrogen (secondary N) is 4. The SMILES string of the molecule is C(C#Cc1c2nc(c(-c3ccccc3)c3ccc([nH]3)c(C#Cc3ccncc3)c3nc(c(-c4ccccc4)c4ccc1[nH]4)C=C3)C=C2)#Cc1c2nc(c(-c3ccccc3)c3ccc([nH]3)c(C#Cc3ccncc3)c3nc(c(-c4ccccc4)c4ccc1[nH]4)C=C3)C=C2. The monoisotopic (exact) mass is 1170 g/mol. The Balaban J connectivity index is 0.933. The second kappa shape index (κ2) is 23.7. The van der Waals surface area contributed by atoms with Crippen molar-refractivity contribution in [2.24, 2.45) is 0 Å². The topological polar surface area (TPSA) is 140 Å². The van der Waals surface area contributed by atoms with Crippen LogP contribution in [0.5, 0.6) is 0 Å². The molecule has 10 heteroatoms. The molecule has 4 aliphatic heterocycles. The fraction of sp³-hybridized carbons (Fsp3) is 0. The first-order valence-corrected chi connectivity index (χ1v) is 30.0. The van der Waals surface area contributed by atoms with E-state index in [2.05, 4.69) is 199 Å². The van der Waals surface area contributed by atoms with Crippen LogP contribution >= 0.6 is 0 Å². The van der Waals surface area contributed by atoms with Gasteiger partial charge in [0, 0.05) is 80.2 Å². The minimum atomic E-state index is 0.660. The molecule has 0 radical (unpaired) electrons. The number of hydrogen-bond acceptors (Lipinski definition) is 6. The van der Waals surface area contributed by atoms with Crippen LogP contribution < -0.4 is 0 Å². The fourth-order valence-corrected chi connectivity index (χ4v) is 11.9. The van der Waals surface area contributed by atoms with Crippen LogP contribution in [0.25, 0.3) is 137 Å². The normalized spacial score (nSPS) is 11.6. The van der Waals surface area contributed by atoms with Crippen molar-refractivity contribution < 1.29 is 0 Å². The van der Waals surface area contributed by atoms with E-state index in [1.165, 1.54) is 0 Å². The van der Waals surface area contributed by atoms with Crippen molar-refractivity contribution in [3.63, 3.8) is 0 Å². The van der Waals surface area contributed by atoms with Gasteiger partial charge in [-0.25, -0.2) is 19.9 Å². The van der Waals surface area contributed by atoms with E-state index in [0.29, 0.717) is 22.5 Å². The molecule has 0 atom stereocenters. The predicted molar refractivity (Wildman–Crippen MR) is 374 cm³/mol. The number of rotatable bonds is 4. The molecule has 426 valence electrons. The molecule has 4 aromatic carbocycles. The highest BCUT2D eigenvalue weighted by atomic mass is 14.8. The molecule has 0 aliphatic carbocycles. The quantitative estimate of drug-likeness (QED) is 0.129. The summed E-state index contributed by atoms with van der Waals surface area (Å²) in [5, 5.41) is 0. The first-order valence-electron chi connectivity index (χ1n) is 30.0. The average Bonchev–Trinajstić information content (AvgIpc) is 1.89. The predicted octanol–water partition coefficient (Wildman–Crippen LogP) is 17.3. The summed E-state index contributed by atoms with van der Waals surface area (Å²) in [7, 11) is 0. The van der Waals surface area contributed by atoms with Crippen LogP contribution in [0, 0.1) is 47.4 Å². The lowest BCUT2D eigenvalue weighted by Crippen LogP contribution is -1.89. The van der Waals surface area contributed by atoms with E-state index in [9.17, 15) is 0 Å². The Morgan fingerprint density at radius 1 is 0.217 bits per heavy atom. The zero-order valence-electron chi connectivity index (χ0n) is 49.1. The molecule has 0 saturated heterocycles. The Labute approximate surface area is 529 Å². The van der Waals surface area contributed by atoms with E-state index in [-0.39, 0.29) is 0 Å². The summed E-state index contributed by atoms with van der Waals surface area (Å²) in [6.45, 7) is 0. The Bertz CT molecular complexity index is 5310. The number of fused-ring (bicyclic) bond motifs is 16. The van der Waals surface area contributed by atoms with E-state index < -0.39 is 0 Å². The minimum absolute atomic E-state index is 0.660. The molecule has 0 fully saturated rings. The fourth-order valence-electron chi connectivity index (χ4n) is 11.9. The molecule has 0 spiro atoms. The summed E-state index contributed by atoms with van der Waals surface area (Å²) in [5.41, 5.74) is 24.6. The molecular formula is C82H48N10. The van der Waals surface area contributed by atoms with Crippen molar-refractivity contribution >= 4 is 92.7 Å². The van der Waals surface area contributed by atoms with Crippen LogP contribution in [-0.2, 0) is 0 Å². The number of pyridine rings is 2. The summed E-state index contributed by atoms with van der Waals surface area (Å²) in [6, 6.07) is 65.4. The lowest BCUT2D eigenvalue weighted by atomic mass is 10.0. The first-order chi connectivity index (χ1) is 45.6. The van der Waals surface area contributed by atoms with Crippen molar-refractivity contribution in [1.82, 2.24) is 49.8 Å². The molecule has 8 aromatic heterocycles. The minimum Gasteiger partial charge on any atom is -0.354 e. The second-order valence-corrected chi connectivity index (χ2v) is 21.9. The van der Waals surface area contributed by atoms with Gasteiger partial charge in [0.15, 0.2) is 0 Å². The van der Waals surface area contributed by atoms with E-state index in [0.717, 1.165) is 145 Å². The van der Waals surface area contributed by atoms with Gasteiger partial charge in [-0.2, -0.15) is 0 Å². The number of H-pyrrole nitrogens is 4. The van der Waals surface area contributed by atoms with Crippen molar-refractivity contribution in [3.05, 3.63) is 298 Å². The van der Waals surface area contributed by atoms with Gasteiger partial charge in [-0.3, -0.25) is 9.97 Å². The Morgan fingerprint density at radius 3 is 0.728 bits per heavy atom. The smallest absolute Gasteiger partial charge is 0.0815 e. The summed E-state index contributed by atoms with van der Waals surface area (Å²) < 4.78 is 0. The van der Waals surface area contributed by atoms with Gasteiger partial charge >= 0.3 is 0 Å². The van der Waals surface area contributed by atoms with Gasteiger partial charge in [0.25, 0.3) is 0 Å². The van der Waals surface area contributed by atoms with Gasteiger partial charge in [0.05, 0.1) is 89.9 Å². The molecule has 12 heterocycles. The first kappa shape index (κ1) is 54.0. The highest BCUT2D eigenvalue weighted by Crippen LogP contribution is 2.37. The number of benzene rings is 4. The zero-order chi connectivity index (χ0) is 61.2. The molecule has 16 rings (SSSR count). The van der Waals surface area contributed by atoms with Crippen molar-refractivity contribution in [2.45, 2.75) is 0 Å². The van der Waals surface area contributed by atoms with E-state index >= 15 is 0 Å². The van der Waals surface area contributed by atoms with E-state index in [4.69, 9.17) is 19.9 Å². The molecule has 0 amide bonds. The third kappa shape index (κ3) is 10.6. The standard InChI is InChI=1S/C82H48N10/c1-5-15-55(16-6-1)79-71-37-29-63(85-71)59(64-30-38-72(86-64)80(56-17-7-2-8-18-56)76-42-34-68(90-76)61(67-33-41-75(79)89-67)27-25-53-45-49-83-50-46-53)23-13-14-24-60-65-31-39-73(87-65)81(57-19-9-3-10-20-57)77-43-35-69(91-77)62(28-26-54-47-51-84-52-48-54)70-36-44-78(92-70)82(58-21-11-4-12-22-58)74-40-32-66(60)88-74/h1-12,15-22,29-52,85,87,90,92H. The van der Waals surface area contributed by atoms with E-state index in [1.807, 2.05) is 121 Å². The van der Waals surface area contributed by atoms with Crippen LogP contribution in [0.15, 0.2) is 219 Å². The molecule has 0 unspecified atom stereocenters. The number of aromatic amines is 4. The van der Waals surface area contributed by atoms with Gasteiger partial charge in [-0.05, 0) is 167 Å². The van der Waals surface area contributed by atoms with Gasteiger partial charge in [0.1, 0.15) is 0 Å². The summed E-state index contributed by atoms with van der Waals surface area (Å²) >= 11 is 0. The third-order valence-corrected chi connectivity index (χ3v) is 16.2. The van der Waals surface area contributed by atoms with Crippen LogP contribution in [0.2, 0.25) is 0 Å². The third-order valence-electron chi connectivity index (χ3n) is 16.2. The average molecular weight is 1170 g/mol. The molecule has 12 aromatic rings. The number of aromatic nitrogens is 10. The highest BCUT2D eigenvalue weighted by molar-refractivity contribution is 5.98. The number of nitrogens with zero attached hydrogens (tertiary/aromatic N) is 6. The van der Waals surface area contributed by atoms with Crippen molar-refractivity contribution in [1.29, 1.82) is 0 Å². The van der Waals surface area contributed by atoms with Gasteiger partial charge in [-0.15, -0.1) is 0 Å². The van der Waals surface area contributed by atoms with Crippen molar-refractivity contribution in [2.75, 3.05) is 0 Å². The Morgan fingerprint density at radius 2 is 0.457 bits per heavy atom.